The Labute approximate surface area is 193 Å². The van der Waals surface area contributed by atoms with Gasteiger partial charge in [0.2, 0.25) is 0 Å². The molecule has 1 saturated heterocycles. The predicted molar refractivity (Wildman–Crippen MR) is 133 cm³/mol. The Bertz CT molecular complexity index is 906. The van der Waals surface area contributed by atoms with Gasteiger partial charge in [-0.25, -0.2) is 0 Å². The number of piperidine rings is 1. The fourth-order valence-electron chi connectivity index (χ4n) is 4.83. The van der Waals surface area contributed by atoms with Gasteiger partial charge in [0, 0.05) is 19.6 Å². The molecule has 0 amide bonds. The molecule has 1 unspecified atom stereocenters. The molecule has 0 bridgehead atoms. The SMILES string of the molecule is OC1(c2ccccc2)CCN(CCC(CCNCc2ccccc2)c2ccccc2)CC1. The largest absolute Gasteiger partial charge is 0.385 e. The number of hydrogen-bond acceptors (Lipinski definition) is 3. The Hall–Kier alpha value is -2.46. The molecule has 0 aliphatic carbocycles. The maximum atomic E-state index is 11.1. The number of aliphatic hydroxyl groups is 1. The number of benzene rings is 3. The zero-order valence-electron chi connectivity index (χ0n) is 19.0. The van der Waals surface area contributed by atoms with Crippen molar-refractivity contribution in [2.45, 2.75) is 43.7 Å². The highest BCUT2D eigenvalue weighted by molar-refractivity contribution is 5.23. The topological polar surface area (TPSA) is 35.5 Å². The summed E-state index contributed by atoms with van der Waals surface area (Å²) in [5.74, 6) is 0.550. The van der Waals surface area contributed by atoms with Crippen molar-refractivity contribution in [1.29, 1.82) is 0 Å². The summed E-state index contributed by atoms with van der Waals surface area (Å²) in [6.45, 7) is 4.94. The van der Waals surface area contributed by atoms with E-state index in [1.165, 1.54) is 11.1 Å². The molecule has 1 fully saturated rings. The zero-order chi connectivity index (χ0) is 22.1. The highest BCUT2D eigenvalue weighted by Crippen LogP contribution is 2.33. The van der Waals surface area contributed by atoms with Gasteiger partial charge in [-0.2, -0.15) is 0 Å². The van der Waals surface area contributed by atoms with Gasteiger partial charge in [-0.05, 0) is 61.4 Å². The van der Waals surface area contributed by atoms with Crippen LogP contribution in [-0.2, 0) is 12.1 Å². The summed E-state index contributed by atoms with van der Waals surface area (Å²) in [4.78, 5) is 2.53. The minimum absolute atomic E-state index is 0.550. The van der Waals surface area contributed by atoms with Crippen molar-refractivity contribution in [3.8, 4) is 0 Å². The molecule has 3 heteroatoms. The molecule has 3 aromatic rings. The van der Waals surface area contributed by atoms with Crippen LogP contribution in [0.1, 0.15) is 48.3 Å². The average molecular weight is 429 g/mol. The van der Waals surface area contributed by atoms with E-state index in [0.717, 1.165) is 64.0 Å². The number of rotatable bonds is 10. The molecule has 4 rings (SSSR count). The van der Waals surface area contributed by atoms with Crippen molar-refractivity contribution >= 4 is 0 Å². The van der Waals surface area contributed by atoms with E-state index >= 15 is 0 Å². The van der Waals surface area contributed by atoms with Gasteiger partial charge in [0.05, 0.1) is 5.60 Å². The number of hydrogen-bond donors (Lipinski definition) is 2. The molecule has 0 radical (unpaired) electrons. The van der Waals surface area contributed by atoms with Gasteiger partial charge in [-0.15, -0.1) is 0 Å². The fraction of sp³-hybridized carbons (Fsp3) is 0.379. The highest BCUT2D eigenvalue weighted by atomic mass is 16.3. The van der Waals surface area contributed by atoms with Crippen LogP contribution >= 0.6 is 0 Å². The van der Waals surface area contributed by atoms with E-state index < -0.39 is 5.60 Å². The Kier molecular flexibility index (Phi) is 8.11. The van der Waals surface area contributed by atoms with Crippen LogP contribution in [0.3, 0.4) is 0 Å². The second-order valence-corrected chi connectivity index (χ2v) is 9.09. The van der Waals surface area contributed by atoms with Crippen molar-refractivity contribution < 1.29 is 5.11 Å². The van der Waals surface area contributed by atoms with E-state index in [4.69, 9.17) is 0 Å². The van der Waals surface area contributed by atoms with Crippen molar-refractivity contribution in [3.05, 3.63) is 108 Å². The Morgan fingerprint density at radius 3 is 2.03 bits per heavy atom. The van der Waals surface area contributed by atoms with Crippen LogP contribution in [0.5, 0.6) is 0 Å². The van der Waals surface area contributed by atoms with Crippen LogP contribution in [0.2, 0.25) is 0 Å². The summed E-state index contributed by atoms with van der Waals surface area (Å²) in [5.41, 5.74) is 3.17. The molecule has 2 N–H and O–H groups in total. The van der Waals surface area contributed by atoms with Crippen LogP contribution < -0.4 is 5.32 Å². The van der Waals surface area contributed by atoms with E-state index in [9.17, 15) is 5.11 Å². The van der Waals surface area contributed by atoms with Crippen LogP contribution in [-0.4, -0.2) is 36.2 Å². The van der Waals surface area contributed by atoms with E-state index in [2.05, 4.69) is 83.0 Å². The molecule has 1 atom stereocenters. The highest BCUT2D eigenvalue weighted by Gasteiger charge is 2.33. The van der Waals surface area contributed by atoms with E-state index in [1.807, 2.05) is 18.2 Å². The minimum Gasteiger partial charge on any atom is -0.385 e. The van der Waals surface area contributed by atoms with Crippen molar-refractivity contribution in [2.75, 3.05) is 26.2 Å². The lowest BCUT2D eigenvalue weighted by Gasteiger charge is -2.39. The van der Waals surface area contributed by atoms with Crippen LogP contribution in [0.4, 0.5) is 0 Å². The molecular formula is C29H36N2O. The first-order valence-corrected chi connectivity index (χ1v) is 12.0. The molecule has 1 aliphatic rings. The van der Waals surface area contributed by atoms with E-state index in [0.29, 0.717) is 5.92 Å². The van der Waals surface area contributed by atoms with Gasteiger partial charge in [0.15, 0.2) is 0 Å². The molecule has 0 aromatic heterocycles. The zero-order valence-corrected chi connectivity index (χ0v) is 19.0. The summed E-state index contributed by atoms with van der Waals surface area (Å²) >= 11 is 0. The first-order valence-electron chi connectivity index (χ1n) is 12.0. The molecule has 0 spiro atoms. The lowest BCUT2D eigenvalue weighted by Crippen LogP contribution is -2.43. The molecule has 168 valence electrons. The number of nitrogens with one attached hydrogen (secondary N) is 1. The summed E-state index contributed by atoms with van der Waals surface area (Å²) in [6.07, 6.45) is 3.91. The van der Waals surface area contributed by atoms with Crippen LogP contribution in [0.15, 0.2) is 91.0 Å². The van der Waals surface area contributed by atoms with Gasteiger partial charge in [0.25, 0.3) is 0 Å². The quantitative estimate of drug-likeness (QED) is 0.429. The Morgan fingerprint density at radius 1 is 0.781 bits per heavy atom. The lowest BCUT2D eigenvalue weighted by molar-refractivity contribution is -0.0263. The Morgan fingerprint density at radius 2 is 1.38 bits per heavy atom. The molecule has 1 aliphatic heterocycles. The maximum absolute atomic E-state index is 11.1. The lowest BCUT2D eigenvalue weighted by atomic mass is 9.84. The third kappa shape index (κ3) is 6.29. The standard InChI is InChI=1S/C29H36N2O/c32-29(28-14-8-3-9-15-28)18-22-31(23-19-29)21-17-27(26-12-6-2-7-13-26)16-20-30-24-25-10-4-1-5-11-25/h1-15,27,30,32H,16-24H2. The summed E-state index contributed by atoms with van der Waals surface area (Å²) in [6, 6.07) is 31.7. The predicted octanol–water partition coefficient (Wildman–Crippen LogP) is 5.32. The molecule has 3 nitrogen and oxygen atoms in total. The van der Waals surface area contributed by atoms with Gasteiger partial charge in [-0.1, -0.05) is 91.0 Å². The van der Waals surface area contributed by atoms with Gasteiger partial charge < -0.3 is 15.3 Å². The number of nitrogens with zero attached hydrogens (tertiary/aromatic N) is 1. The normalized spacial score (nSPS) is 17.2. The monoisotopic (exact) mass is 428 g/mol. The van der Waals surface area contributed by atoms with Crippen LogP contribution in [0, 0.1) is 0 Å². The van der Waals surface area contributed by atoms with E-state index in [-0.39, 0.29) is 0 Å². The summed E-state index contributed by atoms with van der Waals surface area (Å²) in [7, 11) is 0. The summed E-state index contributed by atoms with van der Waals surface area (Å²) in [5, 5.41) is 14.7. The molecular weight excluding hydrogens is 392 g/mol. The maximum Gasteiger partial charge on any atom is 0.0920 e. The Balaban J connectivity index is 1.27. The first kappa shape index (κ1) is 22.7. The molecule has 0 saturated carbocycles. The third-order valence-corrected chi connectivity index (χ3v) is 6.90. The second-order valence-electron chi connectivity index (χ2n) is 9.09. The van der Waals surface area contributed by atoms with Crippen LogP contribution in [0.25, 0.3) is 0 Å². The van der Waals surface area contributed by atoms with E-state index in [1.54, 1.807) is 0 Å². The molecule has 1 heterocycles. The second kappa shape index (κ2) is 11.4. The van der Waals surface area contributed by atoms with Crippen molar-refractivity contribution in [3.63, 3.8) is 0 Å². The fourth-order valence-corrected chi connectivity index (χ4v) is 4.83. The molecule has 32 heavy (non-hydrogen) atoms. The molecule has 3 aromatic carbocycles. The smallest absolute Gasteiger partial charge is 0.0920 e. The van der Waals surface area contributed by atoms with Crippen molar-refractivity contribution in [2.24, 2.45) is 0 Å². The number of likely N-dealkylation sites (tertiary alicyclic amines) is 1. The average Bonchev–Trinajstić information content (AvgIpc) is 2.86. The third-order valence-electron chi connectivity index (χ3n) is 6.90. The summed E-state index contributed by atoms with van der Waals surface area (Å²) < 4.78 is 0. The van der Waals surface area contributed by atoms with Gasteiger partial charge in [-0.3, -0.25) is 0 Å². The first-order chi connectivity index (χ1) is 15.7. The van der Waals surface area contributed by atoms with Gasteiger partial charge in [0.1, 0.15) is 0 Å². The van der Waals surface area contributed by atoms with Gasteiger partial charge >= 0.3 is 0 Å². The minimum atomic E-state index is -0.669. The van der Waals surface area contributed by atoms with Crippen molar-refractivity contribution in [1.82, 2.24) is 10.2 Å².